The number of hydrogen-bond acceptors (Lipinski definition) is 7. The van der Waals surface area contributed by atoms with Crippen LogP contribution in [0.15, 0.2) is 22.4 Å². The number of carbonyl (C=O) groups excluding carboxylic acids is 2. The summed E-state index contributed by atoms with van der Waals surface area (Å²) in [5.41, 5.74) is 0.289. The molecule has 0 radical (unpaired) electrons. The second kappa shape index (κ2) is 8.65. The van der Waals surface area contributed by atoms with Crippen LogP contribution in [0, 0.1) is 0 Å². The number of amides is 2. The van der Waals surface area contributed by atoms with Gasteiger partial charge in [-0.15, -0.1) is 10.2 Å². The molecule has 0 fully saturated rings. The van der Waals surface area contributed by atoms with E-state index >= 15 is 0 Å². The zero-order valence-corrected chi connectivity index (χ0v) is 13.6. The molecule has 0 bridgehead atoms. The van der Waals surface area contributed by atoms with Crippen molar-refractivity contribution in [2.75, 3.05) is 52.9 Å². The van der Waals surface area contributed by atoms with Crippen molar-refractivity contribution in [3.05, 3.63) is 23.3 Å². The number of ether oxygens (including phenoxy) is 5. The summed E-state index contributed by atoms with van der Waals surface area (Å²) >= 11 is 0. The second-order valence-corrected chi connectivity index (χ2v) is 5.19. The monoisotopic (exact) mass is 350 g/mol. The van der Waals surface area contributed by atoms with Gasteiger partial charge in [-0.1, -0.05) is 0 Å². The van der Waals surface area contributed by atoms with Crippen LogP contribution in [0.3, 0.4) is 0 Å². The fourth-order valence-electron chi connectivity index (χ4n) is 2.30. The lowest BCUT2D eigenvalue weighted by atomic mass is 10.0. The van der Waals surface area contributed by atoms with Gasteiger partial charge in [0.2, 0.25) is 0 Å². The predicted octanol–water partition coefficient (Wildman–Crippen LogP) is 1.25. The highest BCUT2D eigenvalue weighted by Crippen LogP contribution is 2.33. The maximum absolute atomic E-state index is 11.8. The summed E-state index contributed by atoms with van der Waals surface area (Å²) in [6.45, 7) is 3.07. The molecule has 2 aliphatic heterocycles. The summed E-state index contributed by atoms with van der Waals surface area (Å²) in [6.07, 6.45) is 0. The average Bonchev–Trinajstić information content (AvgIpc) is 2.62. The van der Waals surface area contributed by atoms with Crippen LogP contribution in [-0.4, -0.2) is 64.7 Å². The van der Waals surface area contributed by atoms with E-state index in [2.05, 4.69) is 10.2 Å². The molecule has 0 atom stereocenters. The lowest BCUT2D eigenvalue weighted by molar-refractivity contribution is 0.00708. The van der Waals surface area contributed by atoms with E-state index in [4.69, 9.17) is 23.7 Å². The second-order valence-electron chi connectivity index (χ2n) is 5.19. The van der Waals surface area contributed by atoms with Gasteiger partial charge in [0, 0.05) is 0 Å². The number of nitrogens with zero attached hydrogens (tertiary/aromatic N) is 2. The number of benzene rings is 1. The van der Waals surface area contributed by atoms with Gasteiger partial charge in [0.1, 0.15) is 13.2 Å². The Balaban J connectivity index is 1.79. The highest BCUT2D eigenvalue weighted by atomic mass is 16.6. The van der Waals surface area contributed by atoms with Crippen molar-refractivity contribution in [3.8, 4) is 11.5 Å². The van der Waals surface area contributed by atoms with Crippen LogP contribution in [0.4, 0.5) is 0 Å². The minimum Gasteiger partial charge on any atom is -0.487 e. The highest BCUT2D eigenvalue weighted by molar-refractivity contribution is 6.11. The minimum atomic E-state index is -0.589. The molecular formula is C16H18N2O7. The van der Waals surface area contributed by atoms with Crippen molar-refractivity contribution in [1.29, 1.82) is 0 Å². The van der Waals surface area contributed by atoms with Gasteiger partial charge in [-0.3, -0.25) is 9.59 Å². The molecule has 3 rings (SSSR count). The largest absolute Gasteiger partial charge is 0.487 e. The maximum atomic E-state index is 11.8. The van der Waals surface area contributed by atoms with Crippen molar-refractivity contribution in [2.45, 2.75) is 0 Å². The number of azo groups is 1. The van der Waals surface area contributed by atoms with Gasteiger partial charge >= 0.3 is 0 Å². The smallest absolute Gasteiger partial charge is 0.296 e. The first-order chi connectivity index (χ1) is 12.3. The van der Waals surface area contributed by atoms with E-state index in [9.17, 15) is 9.59 Å². The van der Waals surface area contributed by atoms with Gasteiger partial charge in [-0.05, 0) is 12.1 Å². The van der Waals surface area contributed by atoms with E-state index in [0.717, 1.165) is 0 Å². The van der Waals surface area contributed by atoms with Gasteiger partial charge in [0.05, 0.1) is 50.8 Å². The Morgan fingerprint density at radius 2 is 0.960 bits per heavy atom. The molecule has 2 amide bonds. The van der Waals surface area contributed by atoms with Crippen LogP contribution in [0.1, 0.15) is 20.7 Å². The van der Waals surface area contributed by atoms with E-state index in [1.807, 2.05) is 0 Å². The van der Waals surface area contributed by atoms with Gasteiger partial charge in [-0.2, -0.15) is 0 Å². The molecule has 25 heavy (non-hydrogen) atoms. The third-order valence-corrected chi connectivity index (χ3v) is 3.49. The summed E-state index contributed by atoms with van der Waals surface area (Å²) < 4.78 is 27.4. The molecular weight excluding hydrogens is 332 g/mol. The lowest BCUT2D eigenvalue weighted by Crippen LogP contribution is -2.15. The van der Waals surface area contributed by atoms with E-state index in [0.29, 0.717) is 51.1 Å². The van der Waals surface area contributed by atoms with Gasteiger partial charge < -0.3 is 23.7 Å². The van der Waals surface area contributed by atoms with Crippen LogP contribution in [-0.2, 0) is 14.2 Å². The maximum Gasteiger partial charge on any atom is 0.296 e. The molecule has 134 valence electrons. The molecule has 0 unspecified atom stereocenters. The van der Waals surface area contributed by atoms with E-state index in [1.165, 1.54) is 12.1 Å². The van der Waals surface area contributed by atoms with Gasteiger partial charge in [-0.25, -0.2) is 0 Å². The Kier molecular flexibility index (Phi) is 6.04. The summed E-state index contributed by atoms with van der Waals surface area (Å²) in [5.74, 6) is -0.499. The molecule has 0 saturated heterocycles. The summed E-state index contributed by atoms with van der Waals surface area (Å²) in [7, 11) is 0. The number of rotatable bonds is 0. The first-order valence-electron chi connectivity index (χ1n) is 7.93. The Labute approximate surface area is 143 Å². The fraction of sp³-hybridized carbons (Fsp3) is 0.500. The Morgan fingerprint density at radius 3 is 1.36 bits per heavy atom. The normalized spacial score (nSPS) is 19.7. The third kappa shape index (κ3) is 4.59. The molecule has 0 aromatic heterocycles. The summed E-state index contributed by atoms with van der Waals surface area (Å²) in [4.78, 5) is 23.7. The number of fused-ring (bicyclic) bond motifs is 2. The fourth-order valence-corrected chi connectivity index (χ4v) is 2.30. The van der Waals surface area contributed by atoms with E-state index in [1.54, 1.807) is 0 Å². The molecule has 0 spiro atoms. The van der Waals surface area contributed by atoms with E-state index < -0.39 is 11.8 Å². The van der Waals surface area contributed by atoms with E-state index in [-0.39, 0.29) is 24.3 Å². The minimum absolute atomic E-state index is 0.144. The molecule has 2 aliphatic rings. The zero-order chi connectivity index (χ0) is 17.5. The van der Waals surface area contributed by atoms with Crippen LogP contribution >= 0.6 is 0 Å². The molecule has 0 saturated carbocycles. The molecule has 1 aromatic carbocycles. The molecule has 9 nitrogen and oxygen atoms in total. The quantitative estimate of drug-likeness (QED) is 0.693. The van der Waals surface area contributed by atoms with Crippen LogP contribution in [0.5, 0.6) is 11.5 Å². The first kappa shape index (κ1) is 17.5. The summed E-state index contributed by atoms with van der Waals surface area (Å²) in [5, 5.41) is 6.64. The number of hydrogen-bond donors (Lipinski definition) is 0. The van der Waals surface area contributed by atoms with Gasteiger partial charge in [0.15, 0.2) is 11.5 Å². The third-order valence-electron chi connectivity index (χ3n) is 3.49. The first-order valence-corrected chi connectivity index (χ1v) is 7.93. The SMILES string of the molecule is O=C1N=NC(=O)c2cc3c(cc21)OCCOCCOCCOCCO3. The molecule has 0 aliphatic carbocycles. The van der Waals surface area contributed by atoms with Crippen molar-refractivity contribution in [1.82, 2.24) is 0 Å². The Hall–Kier alpha value is -2.36. The lowest BCUT2D eigenvalue weighted by Gasteiger charge is -2.16. The molecule has 1 aromatic rings. The van der Waals surface area contributed by atoms with Crippen LogP contribution in [0.25, 0.3) is 0 Å². The zero-order valence-electron chi connectivity index (χ0n) is 13.6. The van der Waals surface area contributed by atoms with Crippen molar-refractivity contribution in [2.24, 2.45) is 10.2 Å². The van der Waals surface area contributed by atoms with Crippen LogP contribution in [0.2, 0.25) is 0 Å². The molecule has 9 heteroatoms. The van der Waals surface area contributed by atoms with Crippen molar-refractivity contribution < 1.29 is 33.3 Å². The Morgan fingerprint density at radius 1 is 0.600 bits per heavy atom. The standard InChI is InChI=1S/C16H18N2O7/c19-15-11-9-13-14(10-12(11)16(20)18-17-15)25-8-6-23-4-2-21-1-3-22-5-7-24-13/h9-10H,1-8H2. The molecule has 2 heterocycles. The molecule has 0 N–H and O–H groups in total. The van der Waals surface area contributed by atoms with Crippen molar-refractivity contribution in [3.63, 3.8) is 0 Å². The topological polar surface area (TPSA) is 105 Å². The number of carbonyl (C=O) groups is 2. The summed E-state index contributed by atoms with van der Waals surface area (Å²) in [6, 6.07) is 2.90. The Bertz CT molecular complexity index is 620. The predicted molar refractivity (Wildman–Crippen MR) is 83.4 cm³/mol. The van der Waals surface area contributed by atoms with Crippen molar-refractivity contribution >= 4 is 11.8 Å². The van der Waals surface area contributed by atoms with Crippen LogP contribution < -0.4 is 9.47 Å². The average molecular weight is 350 g/mol. The van der Waals surface area contributed by atoms with Gasteiger partial charge in [0.25, 0.3) is 11.8 Å². The highest BCUT2D eigenvalue weighted by Gasteiger charge is 2.25.